The summed E-state index contributed by atoms with van der Waals surface area (Å²) in [6.07, 6.45) is -0.141. The van der Waals surface area contributed by atoms with Crippen LogP contribution in [-0.4, -0.2) is 65.5 Å². The summed E-state index contributed by atoms with van der Waals surface area (Å²) in [5.41, 5.74) is 2.35. The van der Waals surface area contributed by atoms with Crippen LogP contribution in [0.15, 0.2) is 54.1 Å². The smallest absolute Gasteiger partial charge is 0.367 e. The summed E-state index contributed by atoms with van der Waals surface area (Å²) < 4.78 is 39.8. The lowest BCUT2D eigenvalue weighted by Gasteiger charge is -2.45. The molecule has 9 heteroatoms. The van der Waals surface area contributed by atoms with Crippen molar-refractivity contribution in [3.05, 3.63) is 65.3 Å². The molecule has 3 aromatic rings. The van der Waals surface area contributed by atoms with Crippen LogP contribution in [0, 0.1) is 0 Å². The molecule has 1 saturated heterocycles. The molecule has 1 aromatic carbocycles. The predicted molar refractivity (Wildman–Crippen MR) is 138 cm³/mol. The van der Waals surface area contributed by atoms with Crippen LogP contribution in [0.25, 0.3) is 15.7 Å². The number of piperazine rings is 1. The lowest BCUT2D eigenvalue weighted by Crippen LogP contribution is -2.59. The third kappa shape index (κ3) is 4.99. The normalized spacial score (nSPS) is 21.6. The number of fused-ring (bicyclic) bond motifs is 1. The van der Waals surface area contributed by atoms with Gasteiger partial charge in [-0.15, -0.1) is 11.3 Å². The van der Waals surface area contributed by atoms with Crippen molar-refractivity contribution >= 4 is 38.6 Å². The molecule has 2 aromatic heterocycles. The summed E-state index contributed by atoms with van der Waals surface area (Å²) in [4.78, 5) is 22.9. The van der Waals surface area contributed by atoms with E-state index >= 15 is 0 Å². The van der Waals surface area contributed by atoms with Gasteiger partial charge in [-0.1, -0.05) is 24.3 Å². The second-order valence-electron chi connectivity index (χ2n) is 9.64. The van der Waals surface area contributed by atoms with Gasteiger partial charge in [0, 0.05) is 43.0 Å². The Kier molecular flexibility index (Phi) is 6.78. The summed E-state index contributed by atoms with van der Waals surface area (Å²) in [6.45, 7) is 7.01. The van der Waals surface area contributed by atoms with Gasteiger partial charge in [0.15, 0.2) is 0 Å². The number of anilines is 1. The van der Waals surface area contributed by atoms with Gasteiger partial charge in [0.25, 0.3) is 0 Å². The first kappa shape index (κ1) is 24.8. The molecular weight excluding hydrogens is 485 g/mol. The van der Waals surface area contributed by atoms with Gasteiger partial charge in [0.1, 0.15) is 5.69 Å². The highest BCUT2D eigenvalue weighted by Gasteiger charge is 2.34. The molecule has 36 heavy (non-hydrogen) atoms. The van der Waals surface area contributed by atoms with Crippen LogP contribution >= 0.6 is 11.3 Å². The highest BCUT2D eigenvalue weighted by atomic mass is 32.1. The molecule has 2 aliphatic heterocycles. The number of hydrogen-bond donors (Lipinski definition) is 0. The summed E-state index contributed by atoms with van der Waals surface area (Å²) in [7, 11) is 0. The van der Waals surface area contributed by atoms with Gasteiger partial charge in [-0.2, -0.15) is 13.2 Å². The Morgan fingerprint density at radius 1 is 1.11 bits per heavy atom. The van der Waals surface area contributed by atoms with E-state index < -0.39 is 11.9 Å². The molecule has 1 amide bonds. The number of aromatic nitrogens is 1. The first-order valence-corrected chi connectivity index (χ1v) is 13.1. The lowest BCUT2D eigenvalue weighted by atomic mass is 9.98. The zero-order chi connectivity index (χ0) is 25.4. The Balaban J connectivity index is 1.20. The standard InChI is InChI=1S/C27H29F3N4OS/c1-18-15-33(22-6-7-24(31-14-22)27(28,29)30)16-19(2)34(18)17-25(35)32-11-8-20(9-12-32)23-5-3-4-21-10-13-36-26(21)23/h3-8,10,13-14,18-19H,9,11-12,15-17H2,1-2H3. The van der Waals surface area contributed by atoms with Crippen molar-refractivity contribution in [1.82, 2.24) is 14.8 Å². The SMILES string of the molecule is CC1CN(c2ccc(C(F)(F)F)nc2)CC(C)N1CC(=O)N1CC=C(c2cccc3ccsc23)CC1. The number of thiophene rings is 1. The summed E-state index contributed by atoms with van der Waals surface area (Å²) in [5.74, 6) is 0.114. The fourth-order valence-electron chi connectivity index (χ4n) is 5.26. The molecule has 0 bridgehead atoms. The van der Waals surface area contributed by atoms with E-state index in [0.717, 1.165) is 12.5 Å². The van der Waals surface area contributed by atoms with Crippen molar-refractivity contribution in [2.75, 3.05) is 37.6 Å². The van der Waals surface area contributed by atoms with Gasteiger partial charge in [0.2, 0.25) is 5.91 Å². The van der Waals surface area contributed by atoms with Crippen molar-refractivity contribution in [2.45, 2.75) is 38.5 Å². The molecule has 0 aliphatic carbocycles. The van der Waals surface area contributed by atoms with E-state index in [1.807, 2.05) is 9.80 Å². The van der Waals surface area contributed by atoms with E-state index in [9.17, 15) is 18.0 Å². The van der Waals surface area contributed by atoms with Crippen LogP contribution in [0.1, 0.15) is 31.5 Å². The summed E-state index contributed by atoms with van der Waals surface area (Å²) in [6, 6.07) is 11.2. The number of pyridine rings is 1. The number of nitrogens with zero attached hydrogens (tertiary/aromatic N) is 4. The summed E-state index contributed by atoms with van der Waals surface area (Å²) in [5, 5.41) is 3.37. The molecular formula is C27H29F3N4OS. The average molecular weight is 515 g/mol. The third-order valence-corrected chi connectivity index (χ3v) is 8.17. The molecule has 4 heterocycles. The Bertz CT molecular complexity index is 1260. The minimum Gasteiger partial charge on any atom is -0.367 e. The first-order valence-electron chi connectivity index (χ1n) is 12.2. The van der Waals surface area contributed by atoms with Gasteiger partial charge in [0.05, 0.1) is 18.4 Å². The maximum atomic E-state index is 13.2. The first-order chi connectivity index (χ1) is 17.2. The third-order valence-electron chi connectivity index (χ3n) is 7.21. The van der Waals surface area contributed by atoms with E-state index in [1.54, 1.807) is 11.3 Å². The number of rotatable bonds is 4. The van der Waals surface area contributed by atoms with Crippen molar-refractivity contribution in [3.8, 4) is 0 Å². The molecule has 0 spiro atoms. The molecule has 5 rings (SSSR count). The largest absolute Gasteiger partial charge is 0.433 e. The number of amides is 1. The molecule has 1 fully saturated rings. The van der Waals surface area contributed by atoms with E-state index in [4.69, 9.17) is 0 Å². The number of carbonyl (C=O) groups excluding carboxylic acids is 1. The molecule has 0 saturated carbocycles. The lowest BCUT2D eigenvalue weighted by molar-refractivity contribution is -0.141. The zero-order valence-electron chi connectivity index (χ0n) is 20.3. The van der Waals surface area contributed by atoms with Crippen LogP contribution in [0.2, 0.25) is 0 Å². The number of hydrogen-bond acceptors (Lipinski definition) is 5. The van der Waals surface area contributed by atoms with Crippen molar-refractivity contribution in [1.29, 1.82) is 0 Å². The fourth-order valence-corrected chi connectivity index (χ4v) is 6.21. The van der Waals surface area contributed by atoms with E-state index in [-0.39, 0.29) is 18.0 Å². The highest BCUT2D eigenvalue weighted by Crippen LogP contribution is 2.33. The number of benzene rings is 1. The van der Waals surface area contributed by atoms with E-state index in [0.29, 0.717) is 38.4 Å². The minimum atomic E-state index is -4.44. The molecule has 0 radical (unpaired) electrons. The maximum Gasteiger partial charge on any atom is 0.433 e. The van der Waals surface area contributed by atoms with Crippen LogP contribution in [0.3, 0.4) is 0 Å². The number of carbonyl (C=O) groups is 1. The van der Waals surface area contributed by atoms with Gasteiger partial charge < -0.3 is 9.80 Å². The Morgan fingerprint density at radius 3 is 2.53 bits per heavy atom. The Labute approximate surface area is 212 Å². The van der Waals surface area contributed by atoms with E-state index in [1.165, 1.54) is 33.5 Å². The van der Waals surface area contributed by atoms with Crippen molar-refractivity contribution < 1.29 is 18.0 Å². The van der Waals surface area contributed by atoms with Gasteiger partial charge in [-0.25, -0.2) is 4.98 Å². The van der Waals surface area contributed by atoms with Crippen molar-refractivity contribution in [2.24, 2.45) is 0 Å². The zero-order valence-corrected chi connectivity index (χ0v) is 21.1. The van der Waals surface area contributed by atoms with Crippen LogP contribution in [0.5, 0.6) is 0 Å². The van der Waals surface area contributed by atoms with Crippen molar-refractivity contribution in [3.63, 3.8) is 0 Å². The fraction of sp³-hybridized carbons (Fsp3) is 0.407. The van der Waals surface area contributed by atoms with Gasteiger partial charge >= 0.3 is 6.18 Å². The molecule has 190 valence electrons. The molecule has 2 aliphatic rings. The Morgan fingerprint density at radius 2 is 1.89 bits per heavy atom. The predicted octanol–water partition coefficient (Wildman–Crippen LogP) is 5.53. The second kappa shape index (κ2) is 9.86. The maximum absolute atomic E-state index is 13.2. The van der Waals surface area contributed by atoms with Gasteiger partial charge in [-0.05, 0) is 60.4 Å². The molecule has 0 N–H and O–H groups in total. The quantitative estimate of drug-likeness (QED) is 0.459. The minimum absolute atomic E-state index is 0.0762. The van der Waals surface area contributed by atoms with Crippen LogP contribution in [-0.2, 0) is 11.0 Å². The number of alkyl halides is 3. The van der Waals surface area contributed by atoms with Gasteiger partial charge in [-0.3, -0.25) is 9.69 Å². The molecule has 2 unspecified atom stereocenters. The van der Waals surface area contributed by atoms with Crippen LogP contribution < -0.4 is 4.90 Å². The van der Waals surface area contributed by atoms with E-state index in [2.05, 4.69) is 59.5 Å². The van der Waals surface area contributed by atoms with Crippen LogP contribution in [0.4, 0.5) is 18.9 Å². The molecule has 2 atom stereocenters. The summed E-state index contributed by atoms with van der Waals surface area (Å²) >= 11 is 1.75. The highest BCUT2D eigenvalue weighted by molar-refractivity contribution is 7.17. The average Bonchev–Trinajstić information content (AvgIpc) is 3.35. The molecule has 5 nitrogen and oxygen atoms in total. The second-order valence-corrected chi connectivity index (χ2v) is 10.6. The topological polar surface area (TPSA) is 39.7 Å². The number of halogens is 3. The Hall–Kier alpha value is -2.91. The monoisotopic (exact) mass is 514 g/mol.